The van der Waals surface area contributed by atoms with E-state index in [9.17, 15) is 4.79 Å². The van der Waals surface area contributed by atoms with E-state index >= 15 is 0 Å². The molecule has 0 rings (SSSR count). The molecule has 6 heteroatoms. The summed E-state index contributed by atoms with van der Waals surface area (Å²) < 4.78 is 0. The second-order valence-electron chi connectivity index (χ2n) is 0.927. The van der Waals surface area contributed by atoms with Gasteiger partial charge in [-0.05, 0) is 6.08 Å². The van der Waals surface area contributed by atoms with Crippen LogP contribution in [0.15, 0.2) is 12.7 Å². The normalized spacial score (nSPS) is 7.56. The zero-order valence-corrected chi connectivity index (χ0v) is 5.58. The Bertz CT molecular complexity index is 92.3. The summed E-state index contributed by atoms with van der Waals surface area (Å²) in [6.07, 6.45) is 1.06. The predicted octanol–water partition coefficient (Wildman–Crippen LogP) is -1.19. The first-order chi connectivity index (χ1) is 4.00. The van der Waals surface area contributed by atoms with Gasteiger partial charge in [-0.3, -0.25) is 10.3 Å². The third-order valence-electron chi connectivity index (χ3n) is 0.201. The third kappa shape index (κ3) is 99.2. The zero-order valence-electron chi connectivity index (χ0n) is 4.69. The van der Waals surface area contributed by atoms with Crippen LogP contribution in [-0.4, -0.2) is 15.7 Å². The highest BCUT2D eigenvalue weighted by molar-refractivity contribution is 7.42. The van der Waals surface area contributed by atoms with Crippen molar-refractivity contribution >= 4 is 14.4 Å². The number of hydrogen-bond donors (Lipinski definition) is 4. The van der Waals surface area contributed by atoms with Crippen LogP contribution in [0.25, 0.3) is 0 Å². The smallest absolute Gasteiger partial charge is 0.247 e. The number of nitrogens with two attached hydrogens (primary N) is 2. The Kier molecular flexibility index (Phi) is 9.47. The molecule has 0 radical (unpaired) electrons. The third-order valence-corrected chi connectivity index (χ3v) is 0.201. The summed E-state index contributed by atoms with van der Waals surface area (Å²) in [5.41, 5.74) is 8.82. The van der Waals surface area contributed by atoms with Gasteiger partial charge in [-0.2, -0.15) is 0 Å². The highest BCUT2D eigenvalue weighted by Crippen LogP contribution is 2.05. The van der Waals surface area contributed by atoms with Gasteiger partial charge in [0, 0.05) is 0 Å². The number of carbonyl (C=O) groups excluding carboxylic acids is 1. The van der Waals surface area contributed by atoms with Gasteiger partial charge in [0.15, 0.2) is 0 Å². The van der Waals surface area contributed by atoms with E-state index in [1.54, 1.807) is 0 Å². The molecule has 0 saturated heterocycles. The van der Waals surface area contributed by atoms with Crippen LogP contribution in [0.1, 0.15) is 0 Å². The number of hydrogen-bond acceptors (Lipinski definition) is 4. The summed E-state index contributed by atoms with van der Waals surface area (Å²) >= 11 is 0. The highest BCUT2D eigenvalue weighted by Gasteiger charge is 1.72. The number of carbonyl (C=O) groups is 1. The summed E-state index contributed by atoms with van der Waals surface area (Å²) in [6, 6.07) is 0. The first-order valence-electron chi connectivity index (χ1n) is 1.85. The number of amides is 1. The molecule has 0 heterocycles. The van der Waals surface area contributed by atoms with Crippen LogP contribution in [0.2, 0.25) is 0 Å². The van der Waals surface area contributed by atoms with Crippen molar-refractivity contribution in [2.75, 3.05) is 0 Å². The molecule has 0 aliphatic heterocycles. The Balaban J connectivity index is 0. The minimum atomic E-state index is -2.12. The summed E-state index contributed by atoms with van der Waals surface area (Å²) in [5, 5.41) is 0. The fourth-order valence-electron chi connectivity index (χ4n) is 0. The lowest BCUT2D eigenvalue weighted by Gasteiger charge is -1.79. The summed E-state index contributed by atoms with van der Waals surface area (Å²) in [6.45, 7) is 3.09. The molecule has 0 aliphatic rings. The molecule has 0 fully saturated rings. The van der Waals surface area contributed by atoms with Crippen LogP contribution in [0.3, 0.4) is 0 Å². The maximum atomic E-state index is 9.47. The number of primary amides is 1. The van der Waals surface area contributed by atoms with Gasteiger partial charge in [0.1, 0.15) is 0 Å². The number of rotatable bonds is 1. The van der Waals surface area contributed by atoms with Crippen LogP contribution in [0.4, 0.5) is 0 Å². The molecule has 6 N–H and O–H groups in total. The van der Waals surface area contributed by atoms with Crippen LogP contribution >= 0.6 is 8.53 Å². The minimum Gasteiger partial charge on any atom is -0.366 e. The van der Waals surface area contributed by atoms with Crippen molar-refractivity contribution in [3.63, 3.8) is 0 Å². The molecule has 0 bridgehead atoms. The van der Waals surface area contributed by atoms with Crippen molar-refractivity contribution in [2.45, 2.75) is 0 Å². The molecule has 0 aromatic heterocycles. The molecule has 54 valence electrons. The average molecular weight is 152 g/mol. The second-order valence-corrected chi connectivity index (χ2v) is 1.57. The van der Waals surface area contributed by atoms with Crippen molar-refractivity contribution in [3.05, 3.63) is 12.7 Å². The topological polar surface area (TPSA) is 110 Å². The Morgan fingerprint density at radius 3 is 1.78 bits per heavy atom. The standard InChI is InChI=1S/C3H5NO.H4NO2P/c1-2-3(4)5;1-4(2)3/h2H,1H2,(H2,4,5);2-3H,1H2. The Hall–Kier alpha value is -0.480. The van der Waals surface area contributed by atoms with E-state index in [4.69, 9.17) is 9.79 Å². The van der Waals surface area contributed by atoms with E-state index < -0.39 is 14.4 Å². The van der Waals surface area contributed by atoms with Gasteiger partial charge in [-0.25, -0.2) is 0 Å². The average Bonchev–Trinajstić information content (AvgIpc) is 1.65. The lowest BCUT2D eigenvalue weighted by molar-refractivity contribution is -0.113. The minimum absolute atomic E-state index is 0.481. The summed E-state index contributed by atoms with van der Waals surface area (Å²) in [5.74, 6) is -0.481. The van der Waals surface area contributed by atoms with E-state index in [0.29, 0.717) is 0 Å². The van der Waals surface area contributed by atoms with E-state index in [-0.39, 0.29) is 0 Å². The maximum Gasteiger partial charge on any atom is 0.247 e. The molecule has 0 aromatic rings. The van der Waals surface area contributed by atoms with Gasteiger partial charge in [-0.15, -0.1) is 0 Å². The van der Waals surface area contributed by atoms with E-state index in [0.717, 1.165) is 6.08 Å². The molecule has 0 saturated carbocycles. The van der Waals surface area contributed by atoms with Crippen molar-refractivity contribution in [2.24, 2.45) is 11.2 Å². The van der Waals surface area contributed by atoms with Crippen molar-refractivity contribution in [1.29, 1.82) is 0 Å². The van der Waals surface area contributed by atoms with Crippen molar-refractivity contribution in [3.8, 4) is 0 Å². The molecule has 0 unspecified atom stereocenters. The van der Waals surface area contributed by atoms with E-state index in [1.165, 1.54) is 0 Å². The molecule has 0 aromatic carbocycles. The molecule has 0 spiro atoms. The van der Waals surface area contributed by atoms with Crippen LogP contribution in [0, 0.1) is 0 Å². The summed E-state index contributed by atoms with van der Waals surface area (Å²) in [7, 11) is -2.12. The molecule has 1 amide bonds. The van der Waals surface area contributed by atoms with Gasteiger partial charge in [-0.1, -0.05) is 6.58 Å². The summed E-state index contributed by atoms with van der Waals surface area (Å²) in [4.78, 5) is 24.4. The fraction of sp³-hybridized carbons (Fsp3) is 0. The molecule has 0 atom stereocenters. The fourth-order valence-corrected chi connectivity index (χ4v) is 0. The van der Waals surface area contributed by atoms with Gasteiger partial charge < -0.3 is 15.5 Å². The lowest BCUT2D eigenvalue weighted by atomic mass is 10.6. The monoisotopic (exact) mass is 152 g/mol. The quantitative estimate of drug-likeness (QED) is 0.280. The lowest BCUT2D eigenvalue weighted by Crippen LogP contribution is -2.04. The predicted molar refractivity (Wildman–Crippen MR) is 34.9 cm³/mol. The van der Waals surface area contributed by atoms with Crippen LogP contribution < -0.4 is 11.2 Å². The SMILES string of the molecule is C=CC(N)=O.NP(O)O. The van der Waals surface area contributed by atoms with Gasteiger partial charge in [0.2, 0.25) is 14.4 Å². The van der Waals surface area contributed by atoms with Crippen LogP contribution in [-0.2, 0) is 4.79 Å². The Morgan fingerprint density at radius 1 is 1.67 bits per heavy atom. The molecular formula is C3H9N2O3P. The van der Waals surface area contributed by atoms with Gasteiger partial charge >= 0.3 is 0 Å². The molecule has 5 nitrogen and oxygen atoms in total. The largest absolute Gasteiger partial charge is 0.366 e. The Morgan fingerprint density at radius 2 is 1.78 bits per heavy atom. The molecule has 0 aliphatic carbocycles. The van der Waals surface area contributed by atoms with Crippen LogP contribution in [0.5, 0.6) is 0 Å². The molecule has 9 heavy (non-hydrogen) atoms. The van der Waals surface area contributed by atoms with Crippen molar-refractivity contribution in [1.82, 2.24) is 0 Å². The maximum absolute atomic E-state index is 9.47. The Labute approximate surface area is 53.9 Å². The molecular weight excluding hydrogens is 143 g/mol. The van der Waals surface area contributed by atoms with E-state index in [2.05, 4.69) is 17.8 Å². The zero-order chi connectivity index (χ0) is 7.86. The highest BCUT2D eigenvalue weighted by atomic mass is 31.2. The first kappa shape index (κ1) is 11.3. The van der Waals surface area contributed by atoms with Crippen molar-refractivity contribution < 1.29 is 14.6 Å². The van der Waals surface area contributed by atoms with Gasteiger partial charge in [0.05, 0.1) is 0 Å². The van der Waals surface area contributed by atoms with E-state index in [1.807, 2.05) is 0 Å². The first-order valence-corrected chi connectivity index (χ1v) is 3.16. The second kappa shape index (κ2) is 7.52. The van der Waals surface area contributed by atoms with Gasteiger partial charge in [0.25, 0.3) is 0 Å².